The number of benzene rings is 1. The van der Waals surface area contributed by atoms with Gasteiger partial charge in [0.2, 0.25) is 0 Å². The molecule has 3 N–H and O–H groups in total. The predicted octanol–water partition coefficient (Wildman–Crippen LogP) is 2.85. The molecule has 1 heterocycles. The van der Waals surface area contributed by atoms with Crippen molar-refractivity contribution in [2.45, 2.75) is 25.0 Å². The van der Waals surface area contributed by atoms with Gasteiger partial charge in [-0.05, 0) is 35.8 Å². The first-order valence-electron chi connectivity index (χ1n) is 7.50. The zero-order chi connectivity index (χ0) is 15.4. The van der Waals surface area contributed by atoms with Gasteiger partial charge in [0.1, 0.15) is 5.60 Å². The summed E-state index contributed by atoms with van der Waals surface area (Å²) in [5, 5.41) is 18.6. The molecule has 5 heteroatoms. The van der Waals surface area contributed by atoms with Crippen molar-refractivity contribution >= 4 is 17.4 Å². The van der Waals surface area contributed by atoms with Gasteiger partial charge < -0.3 is 15.7 Å². The fourth-order valence-electron chi connectivity index (χ4n) is 2.63. The smallest absolute Gasteiger partial charge is 0.315 e. The van der Waals surface area contributed by atoms with Crippen LogP contribution in [0.2, 0.25) is 0 Å². The molecule has 116 valence electrons. The van der Waals surface area contributed by atoms with Crippen LogP contribution in [0.15, 0.2) is 47.8 Å². The molecule has 0 radical (unpaired) electrons. The summed E-state index contributed by atoms with van der Waals surface area (Å²) in [7, 11) is 0. The third-order valence-electron chi connectivity index (χ3n) is 4.05. The van der Waals surface area contributed by atoms with Gasteiger partial charge in [0.25, 0.3) is 0 Å². The SMILES string of the molecule is O=C(NCc1cccs1)NC[C@@](O)(c1ccccc1)C1CC1. The molecule has 2 aromatic rings. The van der Waals surface area contributed by atoms with Crippen molar-refractivity contribution in [2.24, 2.45) is 5.92 Å². The Morgan fingerprint density at radius 3 is 2.59 bits per heavy atom. The molecule has 1 atom stereocenters. The van der Waals surface area contributed by atoms with Gasteiger partial charge in [-0.15, -0.1) is 11.3 Å². The third-order valence-corrected chi connectivity index (χ3v) is 4.92. The van der Waals surface area contributed by atoms with E-state index in [2.05, 4.69) is 10.6 Å². The molecule has 0 saturated heterocycles. The van der Waals surface area contributed by atoms with Crippen molar-refractivity contribution in [1.82, 2.24) is 10.6 Å². The Bertz CT molecular complexity index is 611. The maximum atomic E-state index is 11.9. The number of aliphatic hydroxyl groups is 1. The van der Waals surface area contributed by atoms with Gasteiger partial charge in [0, 0.05) is 4.88 Å². The lowest BCUT2D eigenvalue weighted by Crippen LogP contribution is -2.45. The van der Waals surface area contributed by atoms with E-state index in [1.54, 1.807) is 11.3 Å². The number of hydrogen-bond donors (Lipinski definition) is 3. The van der Waals surface area contributed by atoms with Gasteiger partial charge in [-0.25, -0.2) is 4.79 Å². The van der Waals surface area contributed by atoms with Crippen LogP contribution in [0.25, 0.3) is 0 Å². The molecule has 1 fully saturated rings. The standard InChI is InChI=1S/C17H20N2O2S/c20-16(18-11-15-7-4-10-22-15)19-12-17(21,14-8-9-14)13-5-2-1-3-6-13/h1-7,10,14,21H,8-9,11-12H2,(H2,18,19,20)/t17-/m1/s1. The highest BCUT2D eigenvalue weighted by Gasteiger charge is 2.45. The minimum Gasteiger partial charge on any atom is -0.383 e. The topological polar surface area (TPSA) is 61.4 Å². The van der Waals surface area contributed by atoms with Crippen molar-refractivity contribution in [3.05, 3.63) is 58.3 Å². The van der Waals surface area contributed by atoms with Crippen LogP contribution < -0.4 is 10.6 Å². The van der Waals surface area contributed by atoms with E-state index < -0.39 is 5.60 Å². The second-order valence-electron chi connectivity index (χ2n) is 5.68. The van der Waals surface area contributed by atoms with E-state index in [0.29, 0.717) is 6.54 Å². The van der Waals surface area contributed by atoms with Gasteiger partial charge in [0.05, 0.1) is 13.1 Å². The minimum atomic E-state index is -0.971. The summed E-state index contributed by atoms with van der Waals surface area (Å²) in [4.78, 5) is 13.0. The average Bonchev–Trinajstić information content (AvgIpc) is 3.29. The van der Waals surface area contributed by atoms with Crippen LogP contribution in [-0.4, -0.2) is 17.7 Å². The van der Waals surface area contributed by atoms with Gasteiger partial charge in [-0.3, -0.25) is 0 Å². The summed E-state index contributed by atoms with van der Waals surface area (Å²) in [6.07, 6.45) is 2.01. The van der Waals surface area contributed by atoms with Gasteiger partial charge in [-0.1, -0.05) is 36.4 Å². The molecule has 1 aliphatic rings. The van der Waals surface area contributed by atoms with Crippen LogP contribution in [0.1, 0.15) is 23.3 Å². The van der Waals surface area contributed by atoms with Crippen LogP contribution >= 0.6 is 11.3 Å². The summed E-state index contributed by atoms with van der Waals surface area (Å²) < 4.78 is 0. The van der Waals surface area contributed by atoms with Gasteiger partial charge >= 0.3 is 6.03 Å². The molecule has 0 bridgehead atoms. The number of carbonyl (C=O) groups excluding carboxylic acids is 1. The van der Waals surface area contributed by atoms with Crippen LogP contribution in [0.5, 0.6) is 0 Å². The molecule has 22 heavy (non-hydrogen) atoms. The number of nitrogens with one attached hydrogen (secondary N) is 2. The molecule has 1 aromatic carbocycles. The molecule has 0 unspecified atom stereocenters. The molecule has 1 saturated carbocycles. The highest BCUT2D eigenvalue weighted by atomic mass is 32.1. The van der Waals surface area contributed by atoms with E-state index >= 15 is 0 Å². The molecule has 4 nitrogen and oxygen atoms in total. The summed E-state index contributed by atoms with van der Waals surface area (Å²) in [6, 6.07) is 13.3. The maximum Gasteiger partial charge on any atom is 0.315 e. The highest BCUT2D eigenvalue weighted by Crippen LogP contribution is 2.45. The van der Waals surface area contributed by atoms with Gasteiger partial charge in [0.15, 0.2) is 0 Å². The molecule has 3 rings (SSSR count). The number of thiophene rings is 1. The van der Waals surface area contributed by atoms with Crippen molar-refractivity contribution < 1.29 is 9.90 Å². The average molecular weight is 316 g/mol. The molecule has 2 amide bonds. The lowest BCUT2D eigenvalue weighted by Gasteiger charge is -2.29. The van der Waals surface area contributed by atoms with E-state index in [4.69, 9.17) is 0 Å². The zero-order valence-electron chi connectivity index (χ0n) is 12.3. The van der Waals surface area contributed by atoms with Crippen molar-refractivity contribution in [2.75, 3.05) is 6.54 Å². The van der Waals surface area contributed by atoms with Crippen LogP contribution in [-0.2, 0) is 12.1 Å². The second kappa shape index (κ2) is 6.50. The summed E-state index contributed by atoms with van der Waals surface area (Å²) >= 11 is 1.61. The second-order valence-corrected chi connectivity index (χ2v) is 6.71. The Hall–Kier alpha value is -1.85. The first-order chi connectivity index (χ1) is 10.7. The summed E-state index contributed by atoms with van der Waals surface area (Å²) in [6.45, 7) is 0.745. The van der Waals surface area contributed by atoms with Crippen molar-refractivity contribution in [3.63, 3.8) is 0 Å². The summed E-state index contributed by atoms with van der Waals surface area (Å²) in [5.41, 5.74) is -0.0994. The number of rotatable bonds is 6. The number of amides is 2. The maximum absolute atomic E-state index is 11.9. The van der Waals surface area contributed by atoms with E-state index in [0.717, 1.165) is 23.3 Å². The van der Waals surface area contributed by atoms with Crippen molar-refractivity contribution in [1.29, 1.82) is 0 Å². The first kappa shape index (κ1) is 15.1. The fourth-order valence-corrected chi connectivity index (χ4v) is 3.27. The molecular weight excluding hydrogens is 296 g/mol. The van der Waals surface area contributed by atoms with Crippen LogP contribution in [0.4, 0.5) is 4.79 Å². The van der Waals surface area contributed by atoms with E-state index in [-0.39, 0.29) is 18.5 Å². The Labute approximate surface area is 134 Å². The monoisotopic (exact) mass is 316 g/mol. The lowest BCUT2D eigenvalue weighted by molar-refractivity contribution is 0.0160. The van der Waals surface area contributed by atoms with Crippen LogP contribution in [0.3, 0.4) is 0 Å². The normalized spacial score (nSPS) is 16.8. The number of hydrogen-bond acceptors (Lipinski definition) is 3. The predicted molar refractivity (Wildman–Crippen MR) is 87.6 cm³/mol. The van der Waals surface area contributed by atoms with Crippen LogP contribution in [0, 0.1) is 5.92 Å². The first-order valence-corrected chi connectivity index (χ1v) is 8.38. The quantitative estimate of drug-likeness (QED) is 0.767. The van der Waals surface area contributed by atoms with Gasteiger partial charge in [-0.2, -0.15) is 0 Å². The summed E-state index contributed by atoms with van der Waals surface area (Å²) in [5.74, 6) is 0.229. The Morgan fingerprint density at radius 2 is 1.95 bits per heavy atom. The highest BCUT2D eigenvalue weighted by molar-refractivity contribution is 7.09. The minimum absolute atomic E-state index is 0.229. The van der Waals surface area contributed by atoms with E-state index in [1.807, 2.05) is 47.8 Å². The Kier molecular flexibility index (Phi) is 4.45. The fraction of sp³-hybridized carbons (Fsp3) is 0.353. The third kappa shape index (κ3) is 3.48. The largest absolute Gasteiger partial charge is 0.383 e. The molecule has 0 aliphatic heterocycles. The Morgan fingerprint density at radius 1 is 1.18 bits per heavy atom. The number of carbonyl (C=O) groups is 1. The Balaban J connectivity index is 1.57. The molecule has 0 spiro atoms. The van der Waals surface area contributed by atoms with E-state index in [9.17, 15) is 9.90 Å². The molecular formula is C17H20N2O2S. The van der Waals surface area contributed by atoms with E-state index in [1.165, 1.54) is 0 Å². The molecule has 1 aromatic heterocycles. The van der Waals surface area contributed by atoms with Crippen molar-refractivity contribution in [3.8, 4) is 0 Å². The zero-order valence-corrected chi connectivity index (χ0v) is 13.1. The molecule has 1 aliphatic carbocycles. The lowest BCUT2D eigenvalue weighted by atomic mass is 9.89. The number of urea groups is 1.